The van der Waals surface area contributed by atoms with Gasteiger partial charge in [0.15, 0.2) is 5.82 Å². The second kappa shape index (κ2) is 4.64. The summed E-state index contributed by atoms with van der Waals surface area (Å²) in [4.78, 5) is 4.06. The Hall–Kier alpha value is -1.11. The van der Waals surface area contributed by atoms with Crippen LogP contribution in [0.25, 0.3) is 0 Å². The first-order valence-corrected chi connectivity index (χ1v) is 5.60. The fourth-order valence-corrected chi connectivity index (χ4v) is 2.18. The quantitative estimate of drug-likeness (QED) is 0.873. The number of aromatic nitrogens is 2. The highest BCUT2D eigenvalue weighted by Gasteiger charge is 2.42. The van der Waals surface area contributed by atoms with Gasteiger partial charge in [0.1, 0.15) is 0 Å². The fourth-order valence-electron chi connectivity index (χ4n) is 2.18. The molecule has 4 nitrogen and oxygen atoms in total. The summed E-state index contributed by atoms with van der Waals surface area (Å²) in [6.07, 6.45) is -2.93. The average Bonchev–Trinajstić information content (AvgIpc) is 2.76. The van der Waals surface area contributed by atoms with E-state index in [1.54, 1.807) is 0 Å². The van der Waals surface area contributed by atoms with Gasteiger partial charge in [-0.15, -0.1) is 0 Å². The summed E-state index contributed by atoms with van der Waals surface area (Å²) in [5.41, 5.74) is 5.34. The Morgan fingerprint density at radius 2 is 1.88 bits per heavy atom. The van der Waals surface area contributed by atoms with E-state index in [1.807, 2.05) is 0 Å². The van der Waals surface area contributed by atoms with E-state index in [4.69, 9.17) is 10.3 Å². The first-order chi connectivity index (χ1) is 8.00. The number of hydrogen-bond acceptors (Lipinski definition) is 4. The van der Waals surface area contributed by atoms with Gasteiger partial charge in [-0.1, -0.05) is 5.16 Å². The number of halogens is 3. The molecule has 0 atom stereocenters. The topological polar surface area (TPSA) is 64.9 Å². The van der Waals surface area contributed by atoms with Crippen LogP contribution in [0.2, 0.25) is 0 Å². The van der Waals surface area contributed by atoms with Gasteiger partial charge in [-0.3, -0.25) is 0 Å². The number of rotatable bonds is 2. The molecule has 1 fully saturated rings. The Kier molecular flexibility index (Phi) is 3.37. The molecule has 0 unspecified atom stereocenters. The van der Waals surface area contributed by atoms with Gasteiger partial charge in [-0.05, 0) is 25.7 Å². The molecule has 96 valence electrons. The Bertz CT molecular complexity index is 369. The largest absolute Gasteiger partial charge is 0.391 e. The molecule has 0 spiro atoms. The molecule has 7 heteroatoms. The molecule has 1 heterocycles. The lowest BCUT2D eigenvalue weighted by atomic mass is 9.81. The van der Waals surface area contributed by atoms with Gasteiger partial charge in [-0.25, -0.2) is 0 Å². The van der Waals surface area contributed by atoms with Crippen molar-refractivity contribution >= 4 is 0 Å². The Balaban J connectivity index is 1.95. The second-order valence-electron chi connectivity index (χ2n) is 4.34. The first kappa shape index (κ1) is 12.3. The normalized spacial score (nSPS) is 26.1. The van der Waals surface area contributed by atoms with E-state index in [2.05, 4.69) is 10.1 Å². The Morgan fingerprint density at radius 1 is 1.24 bits per heavy atom. The van der Waals surface area contributed by atoms with Crippen molar-refractivity contribution in [3.63, 3.8) is 0 Å². The number of hydrogen-bond donors (Lipinski definition) is 1. The van der Waals surface area contributed by atoms with Crippen LogP contribution >= 0.6 is 0 Å². The fraction of sp³-hybridized carbons (Fsp3) is 0.800. The smallest absolute Gasteiger partial charge is 0.339 e. The second-order valence-corrected chi connectivity index (χ2v) is 4.34. The number of nitrogens with zero attached hydrogens (tertiary/aromatic N) is 2. The summed E-state index contributed by atoms with van der Waals surface area (Å²) in [5.74, 6) is -0.416. The van der Waals surface area contributed by atoms with Crippen molar-refractivity contribution in [1.29, 1.82) is 0 Å². The maximum absolute atomic E-state index is 12.5. The number of nitrogens with two attached hydrogens (primary N) is 1. The molecule has 0 aliphatic heterocycles. The maximum atomic E-state index is 12.5. The van der Waals surface area contributed by atoms with Crippen molar-refractivity contribution in [2.24, 2.45) is 11.7 Å². The third-order valence-corrected chi connectivity index (χ3v) is 3.21. The molecule has 1 saturated carbocycles. The van der Waals surface area contributed by atoms with Crippen LogP contribution in [-0.4, -0.2) is 16.3 Å². The summed E-state index contributed by atoms with van der Waals surface area (Å²) in [5, 5.41) is 3.64. The number of alkyl halides is 3. The highest BCUT2D eigenvalue weighted by Crippen LogP contribution is 2.42. The van der Waals surface area contributed by atoms with Crippen LogP contribution in [0, 0.1) is 5.92 Å². The van der Waals surface area contributed by atoms with Crippen molar-refractivity contribution in [3.8, 4) is 0 Å². The summed E-state index contributed by atoms with van der Waals surface area (Å²) >= 11 is 0. The Morgan fingerprint density at radius 3 is 2.35 bits per heavy atom. The van der Waals surface area contributed by atoms with E-state index in [9.17, 15) is 13.2 Å². The maximum Gasteiger partial charge on any atom is 0.391 e. The van der Waals surface area contributed by atoms with Crippen LogP contribution in [0.15, 0.2) is 4.52 Å². The zero-order chi connectivity index (χ0) is 12.5. The molecule has 0 bridgehead atoms. The third kappa shape index (κ3) is 2.77. The molecule has 1 aromatic heterocycles. The molecule has 0 aromatic carbocycles. The lowest BCUT2D eigenvalue weighted by Crippen LogP contribution is -2.27. The molecular weight excluding hydrogens is 235 g/mol. The average molecular weight is 249 g/mol. The molecule has 1 aromatic rings. The highest BCUT2D eigenvalue weighted by molar-refractivity contribution is 4.96. The van der Waals surface area contributed by atoms with E-state index < -0.39 is 12.1 Å². The lowest BCUT2D eigenvalue weighted by Gasteiger charge is -2.27. The van der Waals surface area contributed by atoms with Gasteiger partial charge < -0.3 is 10.3 Å². The van der Waals surface area contributed by atoms with Gasteiger partial charge in [0, 0.05) is 5.92 Å². The van der Waals surface area contributed by atoms with Crippen molar-refractivity contribution < 1.29 is 17.7 Å². The van der Waals surface area contributed by atoms with Gasteiger partial charge in [0.2, 0.25) is 5.89 Å². The first-order valence-electron chi connectivity index (χ1n) is 5.60. The van der Waals surface area contributed by atoms with E-state index in [1.165, 1.54) is 0 Å². The molecule has 2 rings (SSSR count). The zero-order valence-corrected chi connectivity index (χ0v) is 9.20. The zero-order valence-electron chi connectivity index (χ0n) is 9.20. The third-order valence-electron chi connectivity index (χ3n) is 3.21. The van der Waals surface area contributed by atoms with Crippen LogP contribution in [0.3, 0.4) is 0 Å². The predicted octanol–water partition coefficient (Wildman–Crippen LogP) is 2.36. The summed E-state index contributed by atoms with van der Waals surface area (Å²) in [6, 6.07) is 0. The van der Waals surface area contributed by atoms with E-state index in [0.717, 1.165) is 0 Å². The molecule has 1 aliphatic rings. The molecule has 0 amide bonds. The van der Waals surface area contributed by atoms with Gasteiger partial charge in [0.25, 0.3) is 0 Å². The lowest BCUT2D eigenvalue weighted by molar-refractivity contribution is -0.182. The van der Waals surface area contributed by atoms with E-state index >= 15 is 0 Å². The van der Waals surface area contributed by atoms with Crippen molar-refractivity contribution in [3.05, 3.63) is 11.7 Å². The standard InChI is InChI=1S/C10H14F3N3O/c11-10(12,13)7-3-1-6(2-4-7)9-15-8(5-14)16-17-9/h6-7H,1-5,14H2. The van der Waals surface area contributed by atoms with Crippen LogP contribution in [-0.2, 0) is 6.54 Å². The van der Waals surface area contributed by atoms with Crippen LogP contribution in [0.1, 0.15) is 43.3 Å². The molecule has 2 N–H and O–H groups in total. The summed E-state index contributed by atoms with van der Waals surface area (Å²) in [6.45, 7) is 0.182. The van der Waals surface area contributed by atoms with Gasteiger partial charge in [0.05, 0.1) is 12.5 Å². The monoisotopic (exact) mass is 249 g/mol. The Labute approximate surface area is 96.4 Å². The SMILES string of the molecule is NCc1noc(C2CCC(C(F)(F)F)CC2)n1. The summed E-state index contributed by atoms with van der Waals surface area (Å²) < 4.78 is 42.4. The van der Waals surface area contributed by atoms with E-state index in [-0.39, 0.29) is 25.3 Å². The predicted molar refractivity (Wildman–Crippen MR) is 52.9 cm³/mol. The molecule has 0 radical (unpaired) electrons. The molecule has 0 saturated heterocycles. The minimum Gasteiger partial charge on any atom is -0.339 e. The molecule has 17 heavy (non-hydrogen) atoms. The molecular formula is C10H14F3N3O. The van der Waals surface area contributed by atoms with Crippen molar-refractivity contribution in [1.82, 2.24) is 10.1 Å². The summed E-state index contributed by atoms with van der Waals surface area (Å²) in [7, 11) is 0. The van der Waals surface area contributed by atoms with Crippen LogP contribution in [0.4, 0.5) is 13.2 Å². The highest BCUT2D eigenvalue weighted by atomic mass is 19.4. The molecule has 1 aliphatic carbocycles. The van der Waals surface area contributed by atoms with Gasteiger partial charge in [-0.2, -0.15) is 18.2 Å². The van der Waals surface area contributed by atoms with Crippen LogP contribution < -0.4 is 5.73 Å². The minimum atomic E-state index is -4.08. The van der Waals surface area contributed by atoms with Crippen LogP contribution in [0.5, 0.6) is 0 Å². The van der Waals surface area contributed by atoms with E-state index in [0.29, 0.717) is 24.6 Å². The van der Waals surface area contributed by atoms with Crippen molar-refractivity contribution in [2.45, 2.75) is 44.3 Å². The minimum absolute atomic E-state index is 0.0543. The van der Waals surface area contributed by atoms with Gasteiger partial charge >= 0.3 is 6.18 Å². The van der Waals surface area contributed by atoms with Crippen molar-refractivity contribution in [2.75, 3.05) is 0 Å².